The molecule has 0 aliphatic rings. The molecular weight excluding hydrogens is 189 g/mol. The van der Waals surface area contributed by atoms with Gasteiger partial charge in [-0.2, -0.15) is 0 Å². The van der Waals surface area contributed by atoms with E-state index in [-0.39, 0.29) is 0 Å². The van der Waals surface area contributed by atoms with Gasteiger partial charge < -0.3 is 0 Å². The van der Waals surface area contributed by atoms with Crippen molar-refractivity contribution in [3.63, 3.8) is 0 Å². The van der Waals surface area contributed by atoms with E-state index >= 15 is 0 Å². The van der Waals surface area contributed by atoms with Crippen LogP contribution in [0.1, 0.15) is 11.1 Å². The van der Waals surface area contributed by atoms with Crippen molar-refractivity contribution in [3.05, 3.63) is 35.4 Å². The summed E-state index contributed by atoms with van der Waals surface area (Å²) < 4.78 is 0. The molecule has 0 aliphatic carbocycles. The summed E-state index contributed by atoms with van der Waals surface area (Å²) in [7, 11) is 0. The zero-order valence-electron chi connectivity index (χ0n) is 5.37. The van der Waals surface area contributed by atoms with Crippen molar-refractivity contribution in [2.45, 2.75) is 5.32 Å². The number of hydrogen-bond donors (Lipinski definition) is 0. The first-order valence-corrected chi connectivity index (χ1v) is 4.15. The van der Waals surface area contributed by atoms with Gasteiger partial charge in [-0.3, -0.25) is 0 Å². The van der Waals surface area contributed by atoms with Crippen LogP contribution < -0.4 is 0 Å². The van der Waals surface area contributed by atoms with Gasteiger partial charge in [-0.15, -0.1) is 0 Å². The summed E-state index contributed by atoms with van der Waals surface area (Å²) in [6, 6.07) is 9.63. The van der Waals surface area contributed by atoms with Crippen molar-refractivity contribution in [1.82, 2.24) is 0 Å². The zero-order chi connectivity index (χ0) is 7.40. The van der Waals surface area contributed by atoms with E-state index in [1.165, 1.54) is 5.56 Å². The predicted molar refractivity (Wildman–Crippen MR) is 40.6 cm³/mol. The molecule has 2 radical (unpaired) electrons. The second-order valence-corrected chi connectivity index (χ2v) is 2.56. The Kier molecular flexibility index (Phi) is 2.50. The average molecular weight is 195 g/mol. The average Bonchev–Trinajstić information content (AvgIpc) is 2.05. The van der Waals surface area contributed by atoms with Crippen molar-refractivity contribution >= 4 is 16.0 Å². The van der Waals surface area contributed by atoms with E-state index in [1.54, 1.807) is 0 Å². The van der Waals surface area contributed by atoms with Crippen LogP contribution in [0.15, 0.2) is 24.3 Å². The molecule has 0 atom stereocenters. The zero-order valence-corrected chi connectivity index (χ0v) is 7.09. The normalized spacial score (nSPS) is 8.80. The van der Waals surface area contributed by atoms with E-state index in [2.05, 4.69) is 22.1 Å². The van der Waals surface area contributed by atoms with Gasteiger partial charge in [-0.25, -0.2) is 0 Å². The summed E-state index contributed by atoms with van der Waals surface area (Å²) >= 11 is 2.91. The first-order valence-electron chi connectivity index (χ1n) is 2.94. The van der Waals surface area contributed by atoms with Crippen LogP contribution in [-0.4, -0.2) is 16.0 Å². The summed E-state index contributed by atoms with van der Waals surface area (Å²) in [4.78, 5) is 0. The Morgan fingerprint density at radius 1 is 1.30 bits per heavy atom. The second kappa shape index (κ2) is 3.41. The van der Waals surface area contributed by atoms with E-state index in [4.69, 9.17) is 5.26 Å². The fourth-order valence-electron chi connectivity index (χ4n) is 0.676. The van der Waals surface area contributed by atoms with E-state index in [9.17, 15) is 0 Å². The Morgan fingerprint density at radius 3 is 2.30 bits per heavy atom. The molecule has 0 unspecified atom stereocenters. The standard InChI is InChI=1S/C8H6NSe/c9-5-7-1-3-8(6-10)4-2-7/h1-4H,6H2/q+1. The molecule has 0 aromatic heterocycles. The molecule has 2 heteroatoms. The Hall–Kier alpha value is -0.771. The quantitative estimate of drug-likeness (QED) is 0.618. The minimum absolute atomic E-state index is 0.720. The maximum absolute atomic E-state index is 8.44. The molecule has 0 aliphatic heterocycles. The number of nitriles is 1. The van der Waals surface area contributed by atoms with Crippen molar-refractivity contribution < 1.29 is 0 Å². The number of nitrogens with zero attached hydrogens (tertiary/aromatic N) is 1. The summed E-state index contributed by atoms with van der Waals surface area (Å²) in [5.74, 6) is 0. The molecule has 1 nitrogen and oxygen atoms in total. The first kappa shape index (κ1) is 7.34. The SMILES string of the molecule is N#Cc1ccc(C[Se+])cc1. The van der Waals surface area contributed by atoms with Crippen LogP contribution in [0.3, 0.4) is 0 Å². The Bertz CT molecular complexity index is 245. The molecule has 10 heavy (non-hydrogen) atoms. The van der Waals surface area contributed by atoms with Crippen molar-refractivity contribution in [3.8, 4) is 6.07 Å². The molecule has 0 spiro atoms. The van der Waals surface area contributed by atoms with Crippen LogP contribution in [0.4, 0.5) is 0 Å². The molecule has 0 amide bonds. The summed E-state index contributed by atoms with van der Waals surface area (Å²) in [5, 5.41) is 9.35. The van der Waals surface area contributed by atoms with Crippen molar-refractivity contribution in [2.75, 3.05) is 0 Å². The summed E-state index contributed by atoms with van der Waals surface area (Å²) in [5.41, 5.74) is 1.94. The van der Waals surface area contributed by atoms with Crippen LogP contribution in [0.25, 0.3) is 0 Å². The maximum atomic E-state index is 8.44. The van der Waals surface area contributed by atoms with Crippen LogP contribution in [0.5, 0.6) is 0 Å². The van der Waals surface area contributed by atoms with E-state index < -0.39 is 0 Å². The Morgan fingerprint density at radius 2 is 1.90 bits per heavy atom. The Balaban J connectivity index is 2.93. The third-order valence-corrected chi connectivity index (χ3v) is 1.95. The molecule has 1 aromatic carbocycles. The molecule has 0 saturated heterocycles. The van der Waals surface area contributed by atoms with Gasteiger partial charge >= 0.3 is 68.1 Å². The Labute approximate surface area is 68.5 Å². The number of rotatable bonds is 1. The third-order valence-electron chi connectivity index (χ3n) is 1.25. The molecule has 0 heterocycles. The van der Waals surface area contributed by atoms with Crippen LogP contribution >= 0.6 is 0 Å². The molecule has 48 valence electrons. The van der Waals surface area contributed by atoms with Gasteiger partial charge in [0.2, 0.25) is 0 Å². The van der Waals surface area contributed by atoms with E-state index in [1.807, 2.05) is 24.3 Å². The van der Waals surface area contributed by atoms with E-state index in [0.29, 0.717) is 0 Å². The van der Waals surface area contributed by atoms with Gasteiger partial charge in [0.25, 0.3) is 0 Å². The molecular formula is C8H6NSe+. The van der Waals surface area contributed by atoms with E-state index in [0.717, 1.165) is 10.9 Å². The summed E-state index contributed by atoms with van der Waals surface area (Å²) in [6.45, 7) is 0. The topological polar surface area (TPSA) is 23.8 Å². The molecule has 1 rings (SSSR count). The molecule has 0 fully saturated rings. The van der Waals surface area contributed by atoms with Crippen molar-refractivity contribution in [1.29, 1.82) is 5.26 Å². The van der Waals surface area contributed by atoms with Crippen LogP contribution in [0, 0.1) is 11.3 Å². The monoisotopic (exact) mass is 196 g/mol. The molecule has 0 bridgehead atoms. The minimum atomic E-state index is 0.720. The van der Waals surface area contributed by atoms with Gasteiger partial charge in [0, 0.05) is 0 Å². The third kappa shape index (κ3) is 1.60. The molecule has 0 N–H and O–H groups in total. The molecule has 1 aromatic rings. The van der Waals surface area contributed by atoms with Gasteiger partial charge in [-0.1, -0.05) is 0 Å². The predicted octanol–water partition coefficient (Wildman–Crippen LogP) is 1.23. The number of benzene rings is 1. The van der Waals surface area contributed by atoms with Gasteiger partial charge in [-0.05, 0) is 0 Å². The fraction of sp³-hybridized carbons (Fsp3) is 0.125. The fourth-order valence-corrected chi connectivity index (χ4v) is 1.08. The number of hydrogen-bond acceptors (Lipinski definition) is 1. The van der Waals surface area contributed by atoms with Crippen LogP contribution in [-0.2, 0) is 5.32 Å². The second-order valence-electron chi connectivity index (χ2n) is 1.95. The van der Waals surface area contributed by atoms with Gasteiger partial charge in [0.05, 0.1) is 0 Å². The summed E-state index contributed by atoms with van der Waals surface area (Å²) in [6.07, 6.45) is 0. The van der Waals surface area contributed by atoms with Gasteiger partial charge in [0.1, 0.15) is 0 Å². The molecule has 0 saturated carbocycles. The van der Waals surface area contributed by atoms with Crippen molar-refractivity contribution in [2.24, 2.45) is 0 Å². The first-order chi connectivity index (χ1) is 4.86. The van der Waals surface area contributed by atoms with Crippen LogP contribution in [0.2, 0.25) is 0 Å². The van der Waals surface area contributed by atoms with Gasteiger partial charge in [0.15, 0.2) is 0 Å².